The lowest BCUT2D eigenvalue weighted by atomic mass is 9.95. The average molecular weight is 573 g/mol. The van der Waals surface area contributed by atoms with E-state index in [4.69, 9.17) is 26.2 Å². The standard InChI is InChI=1S/C24H24ClF3N4O5S/c1-2-37-23(35)19-17(9-32-8-13(24(27,28)12-32)10-36-11-18(33)34)30-21(22-29-5-6-38-22)31-20(19)15-4-3-14(26)7-16(15)25/h3-7,13,20H,2,8-12H2,1H3,(H,30,31)(H,33,34). The smallest absolute Gasteiger partial charge is 0.338 e. The van der Waals surface area contributed by atoms with Crippen LogP contribution in [0, 0.1) is 11.7 Å². The Kier molecular flexibility index (Phi) is 8.71. The van der Waals surface area contributed by atoms with Crippen LogP contribution in [0.3, 0.4) is 0 Å². The number of aliphatic imine (C=N–C) groups is 1. The summed E-state index contributed by atoms with van der Waals surface area (Å²) in [5, 5.41) is 14.1. The van der Waals surface area contributed by atoms with Gasteiger partial charge in [0.2, 0.25) is 0 Å². The fraction of sp³-hybridized carbons (Fsp3) is 0.417. The molecule has 204 valence electrons. The van der Waals surface area contributed by atoms with Crippen molar-refractivity contribution in [3.05, 3.63) is 62.5 Å². The number of esters is 1. The Morgan fingerprint density at radius 1 is 1.37 bits per heavy atom. The quantitative estimate of drug-likeness (QED) is 0.416. The van der Waals surface area contributed by atoms with Gasteiger partial charge in [-0.1, -0.05) is 17.7 Å². The Balaban J connectivity index is 1.70. The van der Waals surface area contributed by atoms with E-state index in [-0.39, 0.29) is 36.0 Å². The molecule has 4 rings (SSSR count). The highest BCUT2D eigenvalue weighted by atomic mass is 35.5. The molecule has 3 heterocycles. The first kappa shape index (κ1) is 28.0. The molecule has 2 aliphatic rings. The fourth-order valence-corrected chi connectivity index (χ4v) is 5.17. The number of benzene rings is 1. The lowest BCUT2D eigenvalue weighted by Crippen LogP contribution is -2.39. The monoisotopic (exact) mass is 572 g/mol. The Morgan fingerprint density at radius 3 is 2.82 bits per heavy atom. The number of amidine groups is 1. The summed E-state index contributed by atoms with van der Waals surface area (Å²) in [6.07, 6.45) is 1.57. The number of carboxylic acid groups (broad SMARTS) is 1. The number of carbonyl (C=O) groups excluding carboxylic acids is 1. The van der Waals surface area contributed by atoms with Crippen molar-refractivity contribution >= 4 is 40.7 Å². The van der Waals surface area contributed by atoms with Crippen LogP contribution < -0.4 is 5.32 Å². The van der Waals surface area contributed by atoms with Crippen LogP contribution in [0.15, 0.2) is 46.0 Å². The SMILES string of the molecule is CCOC(=O)C1=C(CN2CC(COCC(=O)O)C(F)(F)C2)NC(c2nccs2)=NC1c1ccc(F)cc1Cl. The van der Waals surface area contributed by atoms with Gasteiger partial charge in [-0.15, -0.1) is 11.3 Å². The van der Waals surface area contributed by atoms with Gasteiger partial charge in [-0.3, -0.25) is 9.89 Å². The summed E-state index contributed by atoms with van der Waals surface area (Å²) < 4.78 is 53.5. The summed E-state index contributed by atoms with van der Waals surface area (Å²) >= 11 is 7.62. The van der Waals surface area contributed by atoms with Gasteiger partial charge in [0.15, 0.2) is 10.8 Å². The summed E-state index contributed by atoms with van der Waals surface area (Å²) in [6, 6.07) is 2.68. The zero-order valence-corrected chi connectivity index (χ0v) is 21.7. The summed E-state index contributed by atoms with van der Waals surface area (Å²) in [4.78, 5) is 34.2. The Hall–Kier alpha value is -3.00. The van der Waals surface area contributed by atoms with Gasteiger partial charge in [-0.25, -0.2) is 27.7 Å². The van der Waals surface area contributed by atoms with Gasteiger partial charge in [0.1, 0.15) is 18.5 Å². The maximum Gasteiger partial charge on any atom is 0.338 e. The summed E-state index contributed by atoms with van der Waals surface area (Å²) in [7, 11) is 0. The van der Waals surface area contributed by atoms with Crippen molar-refractivity contribution < 1.29 is 37.3 Å². The van der Waals surface area contributed by atoms with Crippen LogP contribution in [0.2, 0.25) is 5.02 Å². The number of rotatable bonds is 10. The second-order valence-corrected chi connectivity index (χ2v) is 9.96. The van der Waals surface area contributed by atoms with Crippen molar-refractivity contribution in [3.63, 3.8) is 0 Å². The van der Waals surface area contributed by atoms with Crippen molar-refractivity contribution in [1.82, 2.24) is 15.2 Å². The molecule has 0 radical (unpaired) electrons. The molecular formula is C24H24ClF3N4O5S. The second kappa shape index (κ2) is 11.8. The highest BCUT2D eigenvalue weighted by molar-refractivity contribution is 7.11. The van der Waals surface area contributed by atoms with Crippen LogP contribution >= 0.6 is 22.9 Å². The molecule has 0 saturated carbocycles. The van der Waals surface area contributed by atoms with E-state index < -0.39 is 55.4 Å². The minimum atomic E-state index is -3.15. The number of nitrogens with zero attached hydrogens (tertiary/aromatic N) is 3. The third-order valence-corrected chi connectivity index (χ3v) is 7.06. The molecule has 9 nitrogen and oxygen atoms in total. The first-order chi connectivity index (χ1) is 18.1. The molecule has 38 heavy (non-hydrogen) atoms. The number of alkyl halides is 2. The number of likely N-dealkylation sites (tertiary alicyclic amines) is 1. The Morgan fingerprint density at radius 2 is 2.16 bits per heavy atom. The first-order valence-corrected chi connectivity index (χ1v) is 12.8. The summed E-state index contributed by atoms with van der Waals surface area (Å²) in [5.74, 6) is -6.65. The number of carboxylic acids is 1. The number of carbonyl (C=O) groups is 2. The molecule has 0 spiro atoms. The van der Waals surface area contributed by atoms with Crippen LogP contribution in [0.4, 0.5) is 13.2 Å². The molecule has 14 heteroatoms. The third kappa shape index (κ3) is 6.34. The highest BCUT2D eigenvalue weighted by Gasteiger charge is 2.48. The topological polar surface area (TPSA) is 113 Å². The molecule has 0 aliphatic carbocycles. The molecule has 1 saturated heterocycles. The molecule has 1 aromatic carbocycles. The number of aliphatic carboxylic acids is 1. The Labute approximate surface area is 224 Å². The van der Waals surface area contributed by atoms with Crippen molar-refractivity contribution in [2.45, 2.75) is 18.9 Å². The highest BCUT2D eigenvalue weighted by Crippen LogP contribution is 2.38. The van der Waals surface area contributed by atoms with E-state index in [1.54, 1.807) is 18.5 Å². The molecule has 2 aromatic rings. The van der Waals surface area contributed by atoms with Gasteiger partial charge >= 0.3 is 11.9 Å². The van der Waals surface area contributed by atoms with E-state index >= 15 is 0 Å². The predicted molar refractivity (Wildman–Crippen MR) is 133 cm³/mol. The number of nitrogens with one attached hydrogen (secondary N) is 1. The minimum Gasteiger partial charge on any atom is -0.480 e. The van der Waals surface area contributed by atoms with E-state index in [1.807, 2.05) is 0 Å². The fourth-order valence-electron chi connectivity index (χ4n) is 4.31. The number of thiazole rings is 1. The van der Waals surface area contributed by atoms with Crippen molar-refractivity contribution in [1.29, 1.82) is 0 Å². The average Bonchev–Trinajstić information content (AvgIpc) is 3.46. The van der Waals surface area contributed by atoms with Crippen molar-refractivity contribution in [2.24, 2.45) is 10.9 Å². The summed E-state index contributed by atoms with van der Waals surface area (Å²) in [5.41, 5.74) is 0.641. The molecule has 0 bridgehead atoms. The van der Waals surface area contributed by atoms with Gasteiger partial charge in [0, 0.05) is 40.9 Å². The van der Waals surface area contributed by atoms with E-state index in [2.05, 4.69) is 15.3 Å². The van der Waals surface area contributed by atoms with E-state index in [9.17, 15) is 22.8 Å². The van der Waals surface area contributed by atoms with E-state index in [0.717, 1.165) is 6.07 Å². The zero-order chi connectivity index (χ0) is 27.4. The molecular weight excluding hydrogens is 549 g/mol. The van der Waals surface area contributed by atoms with Gasteiger partial charge in [-0.05, 0) is 19.1 Å². The number of hydrogen-bond acceptors (Lipinski definition) is 9. The molecule has 2 aliphatic heterocycles. The second-order valence-electron chi connectivity index (χ2n) is 8.66. The van der Waals surface area contributed by atoms with Gasteiger partial charge in [0.25, 0.3) is 5.92 Å². The van der Waals surface area contributed by atoms with Gasteiger partial charge in [-0.2, -0.15) is 0 Å². The molecule has 1 fully saturated rings. The normalized spacial score (nSPS) is 21.2. The lowest BCUT2D eigenvalue weighted by Gasteiger charge is -2.29. The zero-order valence-electron chi connectivity index (χ0n) is 20.1. The number of aromatic nitrogens is 1. The molecule has 2 N–H and O–H groups in total. The molecule has 2 atom stereocenters. The summed E-state index contributed by atoms with van der Waals surface area (Å²) in [6.45, 7) is -0.305. The van der Waals surface area contributed by atoms with Gasteiger partial charge < -0.3 is 19.9 Å². The molecule has 2 unspecified atom stereocenters. The maximum absolute atomic E-state index is 14.8. The van der Waals surface area contributed by atoms with Crippen molar-refractivity contribution in [2.75, 3.05) is 39.5 Å². The largest absolute Gasteiger partial charge is 0.480 e. The van der Waals surface area contributed by atoms with Crippen LogP contribution in [-0.2, 0) is 19.1 Å². The minimum absolute atomic E-state index is 0.0311. The first-order valence-electron chi connectivity index (χ1n) is 11.6. The predicted octanol–water partition coefficient (Wildman–Crippen LogP) is 3.51. The third-order valence-electron chi connectivity index (χ3n) is 5.95. The van der Waals surface area contributed by atoms with Gasteiger partial charge in [0.05, 0.1) is 31.2 Å². The van der Waals surface area contributed by atoms with E-state index in [1.165, 1.54) is 28.4 Å². The molecule has 1 aromatic heterocycles. The number of ether oxygens (including phenoxy) is 2. The lowest BCUT2D eigenvalue weighted by molar-refractivity contribution is -0.144. The van der Waals surface area contributed by atoms with Crippen LogP contribution in [0.25, 0.3) is 0 Å². The maximum atomic E-state index is 14.8. The van der Waals surface area contributed by atoms with Crippen LogP contribution in [0.5, 0.6) is 0 Å². The van der Waals surface area contributed by atoms with E-state index in [0.29, 0.717) is 16.4 Å². The Bertz CT molecular complexity index is 1260. The number of halogens is 4. The van der Waals surface area contributed by atoms with Crippen molar-refractivity contribution in [3.8, 4) is 0 Å². The number of hydrogen-bond donors (Lipinski definition) is 2. The van der Waals surface area contributed by atoms with Crippen LogP contribution in [-0.4, -0.2) is 78.1 Å². The molecule has 0 amide bonds. The van der Waals surface area contributed by atoms with Crippen LogP contribution in [0.1, 0.15) is 23.5 Å².